The molecule has 0 unspecified atom stereocenters. The van der Waals surface area contributed by atoms with Crippen molar-refractivity contribution in [3.63, 3.8) is 0 Å². The SMILES string of the molecule is CCCn1c(=O)c2ccccc2n2c(=O)n(CC(=O)Nc3ccc(C)cc3Cl)nc12. The summed E-state index contributed by atoms with van der Waals surface area (Å²) in [5.74, 6) is -0.230. The molecule has 2 aromatic carbocycles. The third-order valence-electron chi connectivity index (χ3n) is 4.82. The molecule has 4 rings (SSSR count). The molecule has 0 aliphatic rings. The molecule has 4 aromatic rings. The predicted octanol–water partition coefficient (Wildman–Crippen LogP) is 2.82. The maximum Gasteiger partial charge on any atom is 0.352 e. The van der Waals surface area contributed by atoms with Crippen LogP contribution < -0.4 is 16.6 Å². The summed E-state index contributed by atoms with van der Waals surface area (Å²) >= 11 is 6.17. The number of para-hydroxylation sites is 1. The molecule has 0 spiro atoms. The Morgan fingerprint density at radius 1 is 1.17 bits per heavy atom. The zero-order valence-electron chi connectivity index (χ0n) is 16.6. The molecular weight excluding hydrogens is 406 g/mol. The van der Waals surface area contributed by atoms with Crippen LogP contribution in [0, 0.1) is 6.92 Å². The number of benzene rings is 2. The van der Waals surface area contributed by atoms with E-state index in [0.717, 1.165) is 10.2 Å². The minimum Gasteiger partial charge on any atom is -0.323 e. The molecule has 0 saturated heterocycles. The van der Waals surface area contributed by atoms with Crippen molar-refractivity contribution in [1.82, 2.24) is 18.7 Å². The van der Waals surface area contributed by atoms with Crippen molar-refractivity contribution in [1.29, 1.82) is 0 Å². The highest BCUT2D eigenvalue weighted by molar-refractivity contribution is 6.33. The van der Waals surface area contributed by atoms with Crippen LogP contribution >= 0.6 is 11.6 Å². The van der Waals surface area contributed by atoms with E-state index in [1.54, 1.807) is 36.4 Å². The van der Waals surface area contributed by atoms with Crippen molar-refractivity contribution in [2.45, 2.75) is 33.4 Å². The van der Waals surface area contributed by atoms with Gasteiger partial charge >= 0.3 is 5.69 Å². The second-order valence-corrected chi connectivity index (χ2v) is 7.49. The lowest BCUT2D eigenvalue weighted by Crippen LogP contribution is -2.29. The summed E-state index contributed by atoms with van der Waals surface area (Å²) < 4.78 is 3.90. The van der Waals surface area contributed by atoms with E-state index < -0.39 is 11.6 Å². The molecule has 30 heavy (non-hydrogen) atoms. The molecule has 8 nitrogen and oxygen atoms in total. The zero-order valence-corrected chi connectivity index (χ0v) is 17.3. The van der Waals surface area contributed by atoms with Gasteiger partial charge in [0, 0.05) is 6.54 Å². The summed E-state index contributed by atoms with van der Waals surface area (Å²) in [5.41, 5.74) is 1.18. The van der Waals surface area contributed by atoms with Crippen molar-refractivity contribution in [3.8, 4) is 0 Å². The number of halogens is 1. The minimum atomic E-state index is -0.490. The normalized spacial score (nSPS) is 11.3. The van der Waals surface area contributed by atoms with Crippen LogP contribution in [0.1, 0.15) is 18.9 Å². The van der Waals surface area contributed by atoms with Gasteiger partial charge in [-0.05, 0) is 43.2 Å². The molecule has 2 heterocycles. The molecule has 0 saturated carbocycles. The number of nitrogens with one attached hydrogen (secondary N) is 1. The quantitative estimate of drug-likeness (QED) is 0.532. The van der Waals surface area contributed by atoms with Crippen molar-refractivity contribution in [2.75, 3.05) is 5.32 Å². The van der Waals surface area contributed by atoms with Gasteiger partial charge in [-0.15, -0.1) is 5.10 Å². The average molecular weight is 426 g/mol. The number of aryl methyl sites for hydroxylation is 2. The predicted molar refractivity (Wildman–Crippen MR) is 116 cm³/mol. The van der Waals surface area contributed by atoms with E-state index in [1.807, 2.05) is 19.9 Å². The van der Waals surface area contributed by atoms with Gasteiger partial charge in [0.1, 0.15) is 6.54 Å². The molecule has 2 aromatic heterocycles. The Bertz CT molecular complexity index is 1400. The number of anilines is 1. The number of carbonyl (C=O) groups is 1. The third-order valence-corrected chi connectivity index (χ3v) is 5.14. The molecular formula is C21H20ClN5O3. The van der Waals surface area contributed by atoms with Gasteiger partial charge in [0.2, 0.25) is 11.7 Å². The van der Waals surface area contributed by atoms with E-state index in [4.69, 9.17) is 11.6 Å². The van der Waals surface area contributed by atoms with Gasteiger partial charge in [0.05, 0.1) is 21.6 Å². The average Bonchev–Trinajstić information content (AvgIpc) is 3.03. The summed E-state index contributed by atoms with van der Waals surface area (Å²) in [6.45, 7) is 3.94. The van der Waals surface area contributed by atoms with Gasteiger partial charge in [0.15, 0.2) is 0 Å². The number of hydrogen-bond acceptors (Lipinski definition) is 4. The Morgan fingerprint density at radius 2 is 1.93 bits per heavy atom. The fourth-order valence-corrected chi connectivity index (χ4v) is 3.73. The summed E-state index contributed by atoms with van der Waals surface area (Å²) in [4.78, 5) is 38.5. The minimum absolute atomic E-state index is 0.215. The maximum absolute atomic E-state index is 13.1. The second kappa shape index (κ2) is 7.79. The summed E-state index contributed by atoms with van der Waals surface area (Å²) in [5, 5.41) is 7.83. The van der Waals surface area contributed by atoms with Crippen LogP contribution in [0.5, 0.6) is 0 Å². The van der Waals surface area contributed by atoms with Gasteiger partial charge in [-0.25, -0.2) is 13.9 Å². The second-order valence-electron chi connectivity index (χ2n) is 7.08. The highest BCUT2D eigenvalue weighted by Gasteiger charge is 2.18. The number of carbonyl (C=O) groups excluding carboxylic acids is 1. The Kier molecular flexibility index (Phi) is 5.17. The fraction of sp³-hybridized carbons (Fsp3) is 0.238. The highest BCUT2D eigenvalue weighted by atomic mass is 35.5. The number of fused-ring (bicyclic) bond motifs is 3. The number of aromatic nitrogens is 4. The first-order chi connectivity index (χ1) is 14.4. The molecule has 0 radical (unpaired) electrons. The third kappa shape index (κ3) is 3.39. The van der Waals surface area contributed by atoms with Crippen LogP contribution in [0.15, 0.2) is 52.1 Å². The molecule has 0 atom stereocenters. The molecule has 0 aliphatic heterocycles. The summed E-state index contributed by atoms with van der Waals surface area (Å²) in [6, 6.07) is 12.1. The molecule has 0 fully saturated rings. The van der Waals surface area contributed by atoms with E-state index in [-0.39, 0.29) is 17.9 Å². The van der Waals surface area contributed by atoms with E-state index >= 15 is 0 Å². The first-order valence-electron chi connectivity index (χ1n) is 9.58. The Morgan fingerprint density at radius 3 is 2.67 bits per heavy atom. The van der Waals surface area contributed by atoms with Gasteiger partial charge in [-0.3, -0.25) is 14.2 Å². The molecule has 0 aliphatic carbocycles. The number of nitrogens with zero attached hydrogens (tertiary/aromatic N) is 4. The van der Waals surface area contributed by atoms with Crippen LogP contribution in [0.2, 0.25) is 5.02 Å². The van der Waals surface area contributed by atoms with Crippen LogP contribution in [0.3, 0.4) is 0 Å². The molecule has 154 valence electrons. The first-order valence-corrected chi connectivity index (χ1v) is 9.95. The lowest BCUT2D eigenvalue weighted by Gasteiger charge is -2.07. The van der Waals surface area contributed by atoms with Gasteiger partial charge in [0.25, 0.3) is 5.56 Å². The van der Waals surface area contributed by atoms with Gasteiger partial charge in [-0.2, -0.15) is 0 Å². The van der Waals surface area contributed by atoms with Gasteiger partial charge < -0.3 is 5.32 Å². The standard InChI is InChI=1S/C21H20ClN5O3/c1-3-10-25-19(29)14-6-4-5-7-17(14)27-20(25)24-26(21(27)30)12-18(28)23-16-9-8-13(2)11-15(16)22/h4-9,11H,3,10,12H2,1-2H3,(H,23,28). The summed E-state index contributed by atoms with van der Waals surface area (Å²) in [6.07, 6.45) is 0.696. The fourth-order valence-electron chi connectivity index (χ4n) is 3.44. The van der Waals surface area contributed by atoms with Gasteiger partial charge in [-0.1, -0.05) is 36.7 Å². The largest absolute Gasteiger partial charge is 0.352 e. The number of hydrogen-bond donors (Lipinski definition) is 1. The molecule has 1 N–H and O–H groups in total. The monoisotopic (exact) mass is 425 g/mol. The topological polar surface area (TPSA) is 90.4 Å². The summed E-state index contributed by atoms with van der Waals surface area (Å²) in [7, 11) is 0. The van der Waals surface area contributed by atoms with Crippen molar-refractivity contribution >= 4 is 39.9 Å². The Labute approximate surface area is 176 Å². The first kappa shape index (κ1) is 19.9. The Hall–Kier alpha value is -3.39. The maximum atomic E-state index is 13.1. The van der Waals surface area contributed by atoms with E-state index in [9.17, 15) is 14.4 Å². The van der Waals surface area contributed by atoms with Crippen molar-refractivity contribution < 1.29 is 4.79 Å². The highest BCUT2D eigenvalue weighted by Crippen LogP contribution is 2.22. The molecule has 0 bridgehead atoms. The lowest BCUT2D eigenvalue weighted by atomic mass is 10.2. The van der Waals surface area contributed by atoms with Crippen molar-refractivity contribution in [3.05, 3.63) is 73.9 Å². The number of amides is 1. The van der Waals surface area contributed by atoms with E-state index in [2.05, 4.69) is 10.4 Å². The van der Waals surface area contributed by atoms with Crippen LogP contribution in [-0.4, -0.2) is 24.7 Å². The smallest absolute Gasteiger partial charge is 0.323 e. The van der Waals surface area contributed by atoms with Crippen LogP contribution in [0.4, 0.5) is 5.69 Å². The van der Waals surface area contributed by atoms with Crippen molar-refractivity contribution in [2.24, 2.45) is 0 Å². The lowest BCUT2D eigenvalue weighted by molar-refractivity contribution is -0.117. The van der Waals surface area contributed by atoms with Crippen LogP contribution in [-0.2, 0) is 17.9 Å². The molecule has 9 heteroatoms. The van der Waals surface area contributed by atoms with Crippen LogP contribution in [0.25, 0.3) is 16.7 Å². The number of rotatable bonds is 5. The van der Waals surface area contributed by atoms with E-state index in [1.165, 1.54) is 8.97 Å². The zero-order chi connectivity index (χ0) is 21.4. The Balaban J connectivity index is 1.79. The van der Waals surface area contributed by atoms with E-state index in [0.29, 0.717) is 34.6 Å². The molecule has 1 amide bonds.